The average molecular weight is 499 g/mol. The number of halogens is 1. The summed E-state index contributed by atoms with van der Waals surface area (Å²) < 4.78 is 14.8. The molecule has 1 unspecified atom stereocenters. The van der Waals surface area contributed by atoms with E-state index in [4.69, 9.17) is 0 Å². The molecule has 0 bridgehead atoms. The molecular weight excluding hydrogens is 471 g/mol. The molecule has 3 amide bonds. The molecule has 4 rings (SSSR count). The summed E-state index contributed by atoms with van der Waals surface area (Å²) in [6.45, 7) is 4.11. The maximum absolute atomic E-state index is 13.5. The van der Waals surface area contributed by atoms with Gasteiger partial charge < -0.3 is 4.90 Å². The largest absolute Gasteiger partial charge is 0.334 e. The fraction of sp³-hybridized carbons (Fsp3) is 0.375. The number of carbonyl (C=O) groups is 3. The van der Waals surface area contributed by atoms with Crippen molar-refractivity contribution in [2.45, 2.75) is 45.6 Å². The molecule has 11 heteroatoms. The zero-order valence-electron chi connectivity index (χ0n) is 19.8. The molecule has 1 saturated heterocycles. The molecule has 1 fully saturated rings. The van der Waals surface area contributed by atoms with E-state index in [0.717, 1.165) is 23.4 Å². The van der Waals surface area contributed by atoms with Gasteiger partial charge in [-0.3, -0.25) is 29.9 Å². The number of aromatic nitrogens is 3. The minimum absolute atomic E-state index is 0.0471. The number of hydrogen-bond donors (Lipinski definition) is 2. The van der Waals surface area contributed by atoms with Crippen LogP contribution in [0.1, 0.15) is 57.4 Å². The fourth-order valence-electron chi connectivity index (χ4n) is 4.26. The predicted molar refractivity (Wildman–Crippen MR) is 129 cm³/mol. The lowest BCUT2D eigenvalue weighted by atomic mass is 9.98. The summed E-state index contributed by atoms with van der Waals surface area (Å²) in [6.07, 6.45) is 2.44. The van der Waals surface area contributed by atoms with E-state index in [9.17, 15) is 18.8 Å². The van der Waals surface area contributed by atoms with E-state index in [2.05, 4.69) is 20.9 Å². The molecule has 2 N–H and O–H groups in total. The number of nitrogens with one attached hydrogen (secondary N) is 2. The second-order valence-corrected chi connectivity index (χ2v) is 9.77. The molecule has 0 spiro atoms. The van der Waals surface area contributed by atoms with Crippen molar-refractivity contribution in [3.05, 3.63) is 58.2 Å². The predicted octanol–water partition coefficient (Wildman–Crippen LogP) is 3.15. The Bertz CT molecular complexity index is 1250. The van der Waals surface area contributed by atoms with Crippen LogP contribution in [0.5, 0.6) is 0 Å². The van der Waals surface area contributed by atoms with Crippen molar-refractivity contribution in [3.63, 3.8) is 0 Å². The van der Waals surface area contributed by atoms with Crippen LogP contribution in [0.15, 0.2) is 30.3 Å². The Morgan fingerprint density at radius 2 is 1.89 bits per heavy atom. The number of thiazole rings is 1. The Morgan fingerprint density at radius 1 is 1.14 bits per heavy atom. The second kappa shape index (κ2) is 10.3. The summed E-state index contributed by atoms with van der Waals surface area (Å²) in [5.41, 5.74) is 6.91. The first kappa shape index (κ1) is 24.5. The van der Waals surface area contributed by atoms with Gasteiger partial charge in [0.2, 0.25) is 5.91 Å². The third-order valence-corrected chi connectivity index (χ3v) is 6.92. The molecule has 0 aliphatic carbocycles. The highest BCUT2D eigenvalue weighted by Crippen LogP contribution is 2.32. The number of hydrogen-bond acceptors (Lipinski definition) is 6. The van der Waals surface area contributed by atoms with Crippen molar-refractivity contribution >= 4 is 29.1 Å². The molecule has 3 aromatic rings. The first-order chi connectivity index (χ1) is 16.7. The second-order valence-electron chi connectivity index (χ2n) is 8.57. The van der Waals surface area contributed by atoms with E-state index >= 15 is 0 Å². The van der Waals surface area contributed by atoms with Crippen LogP contribution in [0.4, 0.5) is 4.39 Å². The molecule has 3 heterocycles. The smallest absolute Gasteiger partial charge is 0.287 e. The van der Waals surface area contributed by atoms with Gasteiger partial charge in [-0.05, 0) is 56.9 Å². The molecule has 9 nitrogen and oxygen atoms in total. The van der Waals surface area contributed by atoms with Crippen molar-refractivity contribution < 1.29 is 18.8 Å². The molecule has 1 aromatic carbocycles. The standard InChI is InChI=1S/C24H27FN6O3S/c1-14-12-19(30(3)29-14)23(33)28-27-20(32)13-18-6-4-5-11-31(18)24(34)21-22(35-15(2)26-21)16-7-9-17(25)10-8-16/h7-10,12,18H,4-6,11,13H2,1-3H3,(H,27,32)(H,28,33). The maximum atomic E-state index is 13.5. The van der Waals surface area contributed by atoms with Gasteiger partial charge in [0.25, 0.3) is 11.8 Å². The van der Waals surface area contributed by atoms with Gasteiger partial charge in [-0.15, -0.1) is 11.3 Å². The number of nitrogens with zero attached hydrogens (tertiary/aromatic N) is 4. The van der Waals surface area contributed by atoms with Crippen molar-refractivity contribution in [2.24, 2.45) is 7.05 Å². The number of benzene rings is 1. The van der Waals surface area contributed by atoms with E-state index in [1.807, 2.05) is 6.92 Å². The number of rotatable bonds is 5. The van der Waals surface area contributed by atoms with Gasteiger partial charge in [0.1, 0.15) is 17.2 Å². The monoisotopic (exact) mass is 498 g/mol. The van der Waals surface area contributed by atoms with Gasteiger partial charge in [-0.25, -0.2) is 9.37 Å². The summed E-state index contributed by atoms with van der Waals surface area (Å²) in [4.78, 5) is 45.4. The fourth-order valence-corrected chi connectivity index (χ4v) is 5.18. The quantitative estimate of drug-likeness (QED) is 0.526. The SMILES string of the molecule is Cc1cc(C(=O)NNC(=O)CC2CCCCN2C(=O)c2nc(C)sc2-c2ccc(F)cc2)n(C)n1. The zero-order chi connectivity index (χ0) is 25.1. The van der Waals surface area contributed by atoms with E-state index in [0.29, 0.717) is 34.9 Å². The van der Waals surface area contributed by atoms with E-state index in [-0.39, 0.29) is 24.2 Å². The number of hydrazine groups is 1. The van der Waals surface area contributed by atoms with Crippen molar-refractivity contribution in [2.75, 3.05) is 6.54 Å². The van der Waals surface area contributed by atoms with Gasteiger partial charge >= 0.3 is 0 Å². The molecular formula is C24H27FN6O3S. The first-order valence-corrected chi connectivity index (χ1v) is 12.2. The Hall–Kier alpha value is -3.60. The normalized spacial score (nSPS) is 15.7. The summed E-state index contributed by atoms with van der Waals surface area (Å²) in [5, 5.41) is 4.85. The van der Waals surface area contributed by atoms with E-state index in [1.165, 1.54) is 28.2 Å². The molecule has 0 radical (unpaired) electrons. The third kappa shape index (κ3) is 5.56. The van der Waals surface area contributed by atoms with Crippen LogP contribution in [0.3, 0.4) is 0 Å². The lowest BCUT2D eigenvalue weighted by Crippen LogP contribution is -2.49. The topological polar surface area (TPSA) is 109 Å². The summed E-state index contributed by atoms with van der Waals surface area (Å²) in [7, 11) is 1.65. The van der Waals surface area contributed by atoms with Gasteiger partial charge in [0.05, 0.1) is 15.6 Å². The Kier molecular flexibility index (Phi) is 7.25. The number of piperidine rings is 1. The Morgan fingerprint density at radius 3 is 2.57 bits per heavy atom. The van der Waals surface area contributed by atoms with Crippen LogP contribution in [0.25, 0.3) is 10.4 Å². The molecule has 35 heavy (non-hydrogen) atoms. The zero-order valence-corrected chi connectivity index (χ0v) is 20.6. The van der Waals surface area contributed by atoms with Crippen molar-refractivity contribution in [1.29, 1.82) is 0 Å². The third-order valence-electron chi connectivity index (χ3n) is 5.90. The lowest BCUT2D eigenvalue weighted by molar-refractivity contribution is -0.123. The number of aryl methyl sites for hydroxylation is 3. The van der Waals surface area contributed by atoms with E-state index < -0.39 is 11.8 Å². The van der Waals surface area contributed by atoms with E-state index in [1.54, 1.807) is 37.1 Å². The number of amides is 3. The van der Waals surface area contributed by atoms with Gasteiger partial charge in [-0.2, -0.15) is 5.10 Å². The number of carbonyl (C=O) groups excluding carboxylic acids is 3. The van der Waals surface area contributed by atoms with Crippen LogP contribution in [-0.2, 0) is 11.8 Å². The summed E-state index contributed by atoms with van der Waals surface area (Å²) in [5.74, 6) is -1.47. The summed E-state index contributed by atoms with van der Waals surface area (Å²) in [6, 6.07) is 7.27. The van der Waals surface area contributed by atoms with Gasteiger partial charge in [0.15, 0.2) is 0 Å². The molecule has 1 aliphatic rings. The minimum Gasteiger partial charge on any atom is -0.334 e. The highest BCUT2D eigenvalue weighted by molar-refractivity contribution is 7.15. The molecule has 1 aliphatic heterocycles. The van der Waals surface area contributed by atoms with Crippen LogP contribution < -0.4 is 10.9 Å². The van der Waals surface area contributed by atoms with Crippen molar-refractivity contribution in [3.8, 4) is 10.4 Å². The Labute approximate surface area is 206 Å². The maximum Gasteiger partial charge on any atom is 0.287 e. The number of likely N-dealkylation sites (tertiary alicyclic amines) is 1. The summed E-state index contributed by atoms with van der Waals surface area (Å²) >= 11 is 1.38. The molecule has 0 saturated carbocycles. The van der Waals surface area contributed by atoms with Gasteiger partial charge in [0, 0.05) is 26.1 Å². The first-order valence-electron chi connectivity index (χ1n) is 11.4. The van der Waals surface area contributed by atoms with Crippen LogP contribution in [0, 0.1) is 19.7 Å². The highest BCUT2D eigenvalue weighted by atomic mass is 32.1. The molecule has 1 atom stereocenters. The molecule has 184 valence electrons. The van der Waals surface area contributed by atoms with Crippen molar-refractivity contribution in [1.82, 2.24) is 30.5 Å². The van der Waals surface area contributed by atoms with Crippen LogP contribution >= 0.6 is 11.3 Å². The van der Waals surface area contributed by atoms with Crippen LogP contribution in [-0.4, -0.2) is 50.0 Å². The highest BCUT2D eigenvalue weighted by Gasteiger charge is 2.32. The van der Waals surface area contributed by atoms with Crippen LogP contribution in [0.2, 0.25) is 0 Å². The minimum atomic E-state index is -0.472. The average Bonchev–Trinajstić information content (AvgIpc) is 3.39. The Balaban J connectivity index is 1.45. The van der Waals surface area contributed by atoms with Gasteiger partial charge in [-0.1, -0.05) is 12.1 Å². The molecule has 2 aromatic heterocycles. The lowest BCUT2D eigenvalue weighted by Gasteiger charge is -2.35.